The molecule has 0 spiro atoms. The van der Waals surface area contributed by atoms with Crippen LogP contribution in [0.3, 0.4) is 0 Å². The standard InChI is InChI=1S/C29H23FN6O/c1-5-19-9-16(2)21(13-31-19)24-10-18-11-25(37-26-8-6-7-17(3)35-26)23(30)12-20(18)22-14-32-28-27(22)29(36(24)4)34-15-33-28/h1,6-11,13,15H,12,14H2,2-4H3,(H,32,33,34). The Hall–Kier alpha value is -4.77. The summed E-state index contributed by atoms with van der Waals surface area (Å²) in [5.41, 5.74) is 7.32. The summed E-state index contributed by atoms with van der Waals surface area (Å²) in [6, 6.07) is 9.32. The zero-order chi connectivity index (χ0) is 25.7. The summed E-state index contributed by atoms with van der Waals surface area (Å²) < 4.78 is 23.5. The lowest BCUT2D eigenvalue weighted by Crippen LogP contribution is -2.21. The number of terminal acetylenes is 1. The summed E-state index contributed by atoms with van der Waals surface area (Å²) in [5, 5.41) is 1.71. The van der Waals surface area contributed by atoms with Crippen LogP contribution in [0.1, 0.15) is 28.1 Å². The van der Waals surface area contributed by atoms with Crippen LogP contribution >= 0.6 is 0 Å². The number of ether oxygens (including phenoxy) is 1. The largest absolute Gasteiger partial charge is 0.436 e. The maximum absolute atomic E-state index is 15.5. The Kier molecular flexibility index (Phi) is 5.34. The van der Waals surface area contributed by atoms with Crippen molar-refractivity contribution in [1.82, 2.24) is 24.5 Å². The average Bonchev–Trinajstić information content (AvgIpc) is 3.32. The number of nitrogens with one attached hydrogen (secondary N) is 1. The monoisotopic (exact) mass is 490 g/mol. The third-order valence-electron chi connectivity index (χ3n) is 6.73. The second kappa shape index (κ2) is 8.71. The molecule has 3 aliphatic heterocycles. The van der Waals surface area contributed by atoms with Crippen LogP contribution in [0.2, 0.25) is 0 Å². The van der Waals surface area contributed by atoms with Gasteiger partial charge in [0.1, 0.15) is 22.5 Å². The predicted octanol–water partition coefficient (Wildman–Crippen LogP) is 3.38. The number of pyridine rings is 2. The third kappa shape index (κ3) is 3.85. The lowest BCUT2D eigenvalue weighted by Gasteiger charge is -2.17. The minimum Gasteiger partial charge on any atom is -0.436 e. The van der Waals surface area contributed by atoms with Crippen LogP contribution in [0.15, 0.2) is 59.4 Å². The van der Waals surface area contributed by atoms with Crippen molar-refractivity contribution in [2.45, 2.75) is 26.8 Å². The molecular formula is C29H23FN6O. The first-order chi connectivity index (χ1) is 17.9. The molecule has 5 heterocycles. The van der Waals surface area contributed by atoms with Gasteiger partial charge in [-0.3, -0.25) is 4.99 Å². The van der Waals surface area contributed by atoms with Gasteiger partial charge in [-0.1, -0.05) is 12.0 Å². The molecule has 0 fully saturated rings. The summed E-state index contributed by atoms with van der Waals surface area (Å²) >= 11 is 0. The van der Waals surface area contributed by atoms with Gasteiger partial charge in [0.25, 0.3) is 0 Å². The molecule has 4 aliphatic rings. The molecule has 0 amide bonds. The van der Waals surface area contributed by atoms with Gasteiger partial charge in [-0.25, -0.2) is 19.3 Å². The number of rotatable bonds is 3. The second-order valence-corrected chi connectivity index (χ2v) is 9.11. The highest BCUT2D eigenvalue weighted by Crippen LogP contribution is 2.26. The van der Waals surface area contributed by atoms with Crippen LogP contribution in [0.5, 0.6) is 5.88 Å². The van der Waals surface area contributed by atoms with E-state index in [2.05, 4.69) is 30.8 Å². The molecule has 0 saturated carbocycles. The number of aromatic amines is 1. The van der Waals surface area contributed by atoms with Crippen LogP contribution in [0, 0.1) is 36.9 Å². The lowest BCUT2D eigenvalue weighted by atomic mass is 9.96. The smallest absolute Gasteiger partial charge is 0.219 e. The highest BCUT2D eigenvalue weighted by atomic mass is 19.1. The molecule has 2 aromatic heterocycles. The van der Waals surface area contributed by atoms with Gasteiger partial charge in [0.2, 0.25) is 5.88 Å². The van der Waals surface area contributed by atoms with Crippen LogP contribution in [-0.4, -0.2) is 24.5 Å². The summed E-state index contributed by atoms with van der Waals surface area (Å²) in [5.74, 6) is 2.71. The third-order valence-corrected chi connectivity index (χ3v) is 6.73. The molecule has 0 radical (unpaired) electrons. The Morgan fingerprint density at radius 1 is 1.16 bits per heavy atom. The normalized spacial score (nSPS) is 13.5. The van der Waals surface area contributed by atoms with Crippen LogP contribution < -0.4 is 15.4 Å². The SMILES string of the molecule is C#Cc1cc(C)c(-c2cc3c(c4c5c([nH]cnc=5n2C)=NC4)CC(F)=C(Oc2cccc(C)n2)C=3)cn1. The van der Waals surface area contributed by atoms with Crippen molar-refractivity contribution in [3.8, 4) is 29.5 Å². The number of allylic oxidation sites excluding steroid dienone is 2. The highest BCUT2D eigenvalue weighted by Gasteiger charge is 2.22. The van der Waals surface area contributed by atoms with Gasteiger partial charge in [-0.2, -0.15) is 0 Å². The second-order valence-electron chi connectivity index (χ2n) is 9.11. The van der Waals surface area contributed by atoms with Gasteiger partial charge in [0.15, 0.2) is 5.76 Å². The van der Waals surface area contributed by atoms with Crippen molar-refractivity contribution in [3.63, 3.8) is 0 Å². The fraction of sp³-hybridized carbons (Fsp3) is 0.172. The molecule has 0 bridgehead atoms. The quantitative estimate of drug-likeness (QED) is 0.447. The maximum atomic E-state index is 15.5. The fourth-order valence-corrected chi connectivity index (χ4v) is 4.89. The zero-order valence-electron chi connectivity index (χ0n) is 20.6. The molecule has 0 atom stereocenters. The Bertz CT molecular complexity index is 1920. The fourth-order valence-electron chi connectivity index (χ4n) is 4.89. The van der Waals surface area contributed by atoms with Gasteiger partial charge in [0, 0.05) is 37.0 Å². The van der Waals surface area contributed by atoms with Crippen LogP contribution in [0.25, 0.3) is 17.3 Å². The van der Waals surface area contributed by atoms with Crippen molar-refractivity contribution >= 4 is 6.08 Å². The molecule has 2 aromatic rings. The molecule has 1 aliphatic carbocycles. The summed E-state index contributed by atoms with van der Waals surface area (Å²) in [6.45, 7) is 4.30. The van der Waals surface area contributed by atoms with E-state index < -0.39 is 0 Å². The van der Waals surface area contributed by atoms with Gasteiger partial charge >= 0.3 is 0 Å². The van der Waals surface area contributed by atoms with Crippen molar-refractivity contribution in [1.29, 1.82) is 0 Å². The first-order valence-electron chi connectivity index (χ1n) is 11.8. The van der Waals surface area contributed by atoms with Crippen molar-refractivity contribution in [3.05, 3.63) is 104 Å². The number of hydrogen-bond donors (Lipinski definition) is 1. The number of fused-ring (bicyclic) bond motifs is 2. The van der Waals surface area contributed by atoms with Crippen molar-refractivity contribution in [2.24, 2.45) is 12.0 Å². The van der Waals surface area contributed by atoms with Gasteiger partial charge in [-0.15, -0.1) is 6.42 Å². The topological polar surface area (TPSA) is 81.0 Å². The predicted molar refractivity (Wildman–Crippen MR) is 137 cm³/mol. The first-order valence-corrected chi connectivity index (χ1v) is 11.8. The van der Waals surface area contributed by atoms with Crippen molar-refractivity contribution in [2.75, 3.05) is 0 Å². The van der Waals surface area contributed by atoms with E-state index in [1.165, 1.54) is 0 Å². The Morgan fingerprint density at radius 2 is 2.03 bits per heavy atom. The summed E-state index contributed by atoms with van der Waals surface area (Å²) in [7, 11) is 1.96. The molecule has 6 rings (SSSR count). The lowest BCUT2D eigenvalue weighted by molar-refractivity contribution is 0.399. The van der Waals surface area contributed by atoms with Gasteiger partial charge in [0.05, 0.1) is 23.8 Å². The number of halogens is 1. The van der Waals surface area contributed by atoms with E-state index in [1.807, 2.05) is 49.7 Å². The van der Waals surface area contributed by atoms with Gasteiger partial charge < -0.3 is 14.3 Å². The summed E-state index contributed by atoms with van der Waals surface area (Å²) in [4.78, 5) is 21.3. The van der Waals surface area contributed by atoms with E-state index in [0.717, 1.165) is 55.0 Å². The first kappa shape index (κ1) is 22.7. The summed E-state index contributed by atoms with van der Waals surface area (Å²) in [6.07, 6.45) is 10.8. The molecule has 1 N–H and O–H groups in total. The number of aryl methyl sites for hydroxylation is 2. The molecule has 182 valence electrons. The number of aromatic nitrogens is 5. The molecule has 37 heavy (non-hydrogen) atoms. The molecule has 8 heteroatoms. The molecule has 7 nitrogen and oxygen atoms in total. The molecule has 0 unspecified atom stereocenters. The average molecular weight is 491 g/mol. The molecule has 0 saturated heterocycles. The van der Waals surface area contributed by atoms with Crippen LogP contribution in [-0.2, 0) is 20.0 Å². The zero-order valence-corrected chi connectivity index (χ0v) is 20.6. The van der Waals surface area contributed by atoms with E-state index in [1.54, 1.807) is 24.7 Å². The van der Waals surface area contributed by atoms with Gasteiger partial charge in [-0.05, 0) is 60.0 Å². The Labute approximate surface area is 212 Å². The van der Waals surface area contributed by atoms with E-state index in [0.29, 0.717) is 18.1 Å². The minimum absolute atomic E-state index is 0.0758. The Morgan fingerprint density at radius 3 is 2.81 bits per heavy atom. The van der Waals surface area contributed by atoms with E-state index in [4.69, 9.17) is 11.2 Å². The van der Waals surface area contributed by atoms with Crippen molar-refractivity contribution < 1.29 is 9.13 Å². The highest BCUT2D eigenvalue weighted by molar-refractivity contribution is 5.65. The molecule has 0 aromatic carbocycles. The number of hydrogen-bond acceptors (Lipinski definition) is 5. The Balaban J connectivity index is 1.69. The van der Waals surface area contributed by atoms with E-state index >= 15 is 4.39 Å². The van der Waals surface area contributed by atoms with E-state index in [9.17, 15) is 0 Å². The number of H-pyrrole nitrogens is 1. The van der Waals surface area contributed by atoms with Crippen LogP contribution in [0.4, 0.5) is 4.39 Å². The minimum atomic E-state index is -0.363. The van der Waals surface area contributed by atoms with E-state index in [-0.39, 0.29) is 18.0 Å². The number of nitrogens with zero attached hydrogens (tertiary/aromatic N) is 5. The molecular weight excluding hydrogens is 467 g/mol. The maximum Gasteiger partial charge on any atom is 0.219 e.